The van der Waals surface area contributed by atoms with E-state index >= 15 is 8.78 Å². The first-order valence-electron chi connectivity index (χ1n) is 45.6. The van der Waals surface area contributed by atoms with Crippen molar-refractivity contribution in [3.05, 3.63) is 168 Å². The number of anilines is 12. The van der Waals surface area contributed by atoms with Crippen LogP contribution in [0.4, 0.5) is 104 Å². The summed E-state index contributed by atoms with van der Waals surface area (Å²) in [7, 11) is 7.29. The number of carbonyl (C=O) groups excluding carboxylic acids is 8. The van der Waals surface area contributed by atoms with Gasteiger partial charge in [-0.1, -0.05) is 0 Å². The van der Waals surface area contributed by atoms with Crippen molar-refractivity contribution in [3.63, 3.8) is 0 Å². The van der Waals surface area contributed by atoms with Crippen LogP contribution in [0.15, 0.2) is 99.1 Å². The van der Waals surface area contributed by atoms with E-state index in [4.69, 9.17) is 22.9 Å². The summed E-state index contributed by atoms with van der Waals surface area (Å²) in [6, 6.07) is 0. The standard InChI is InChI=1S/C24H27F2N9O2.C24H29F2N9O2.C22H27F2N9O2.C20H22F2N8O2/c25-15-9-29-21-18(20(27)32-35(21)12-15)22(36)31-17-11-28-10-16(26)19(17)33-6-1-14(2-7-33)23(37)34-8-5-30-24(13-34)3-4-24;1-24(2)13-34(8-5-30-24)23(37)14-3-6-33(7-4-14)19-16(26)10-28-11-17(19)31-22(36)18-20(27)32-35-12-15(25)9-29-21(18)35;1-31(2)8-5-27-21(34)13-3-6-32(7-4-13)18-15(24)10-26-11-16(18)29-22(35)17-19(25)30-33-12-14(23)9-28-20(17)33;1-28(2)20(32)11-3-5-29(6-4-11)16-13(22)8-24-9-14(16)26-19(31)15-17(23)27-30-10-12(21)7-25-18(15)30/h9-12,14,30H,1-8,13H2,(H2,27,32)(H,31,36);9-12,14,30H,3-8,13H2,1-2H3,(H2,27,32)(H,31,36);9-13H,3-8H2,1-2H3,(H2,25,30)(H,27,34)(H,29,35);7-11H,3-6H2,1-2H3,(H2,23,27)(H,26,31). The first-order valence-corrected chi connectivity index (χ1v) is 45.6. The number of hydrogen-bond acceptors (Lipinski definition) is 31. The fraction of sp³-hybridized carbons (Fsp3) is 0.422. The molecular formula is C90H105F8N35O8. The molecule has 8 amide bonds. The minimum absolute atomic E-state index is 0.0114. The lowest BCUT2D eigenvalue weighted by Gasteiger charge is -2.42. The second kappa shape index (κ2) is 41.7. The summed E-state index contributed by atoms with van der Waals surface area (Å²) in [4.78, 5) is 149. The molecule has 6 aliphatic heterocycles. The molecule has 19 rings (SSSR count). The highest BCUT2D eigenvalue weighted by atomic mass is 19.2. The molecule has 1 spiro atoms. The molecule has 0 radical (unpaired) electrons. The Morgan fingerprint density at radius 1 is 0.390 bits per heavy atom. The molecule has 744 valence electrons. The van der Waals surface area contributed by atoms with Crippen molar-refractivity contribution in [1.82, 2.24) is 114 Å². The Labute approximate surface area is 799 Å². The van der Waals surface area contributed by atoms with Crippen LogP contribution in [0.1, 0.15) is 119 Å². The van der Waals surface area contributed by atoms with E-state index in [2.05, 4.69) is 111 Å². The Balaban J connectivity index is 0.000000136. The lowest BCUT2D eigenvalue weighted by molar-refractivity contribution is -0.138. The highest BCUT2D eigenvalue weighted by Crippen LogP contribution is 2.42. The fourth-order valence-corrected chi connectivity index (χ4v) is 18.5. The van der Waals surface area contributed by atoms with Gasteiger partial charge in [-0.2, -0.15) is 0 Å². The number of hydrogen-bond donors (Lipinski definition) is 11. The van der Waals surface area contributed by atoms with Gasteiger partial charge in [-0.25, -0.2) is 73.1 Å². The number of piperazine rings is 2. The van der Waals surface area contributed by atoms with Crippen molar-refractivity contribution < 1.29 is 73.5 Å². The van der Waals surface area contributed by atoms with Gasteiger partial charge in [-0.3, -0.25) is 58.3 Å². The largest absolute Gasteiger partial charge is 0.381 e. The van der Waals surface area contributed by atoms with Crippen LogP contribution in [0.25, 0.3) is 22.6 Å². The molecule has 0 atom stereocenters. The van der Waals surface area contributed by atoms with Gasteiger partial charge in [-0.05, 0) is 92.2 Å². The predicted molar refractivity (Wildman–Crippen MR) is 503 cm³/mol. The summed E-state index contributed by atoms with van der Waals surface area (Å²) in [6.07, 6.45) is 24.4. The Morgan fingerprint density at radius 3 is 0.972 bits per heavy atom. The van der Waals surface area contributed by atoms with Gasteiger partial charge in [0.1, 0.15) is 45.0 Å². The van der Waals surface area contributed by atoms with Gasteiger partial charge in [0.05, 0.1) is 122 Å². The van der Waals surface area contributed by atoms with Crippen LogP contribution < -0.4 is 79.8 Å². The molecule has 0 aromatic carbocycles. The van der Waals surface area contributed by atoms with Crippen LogP contribution in [-0.4, -0.2) is 289 Å². The number of nitrogens with zero attached hydrogens (tertiary/aromatic N) is 24. The summed E-state index contributed by atoms with van der Waals surface area (Å²) >= 11 is 0. The third-order valence-corrected chi connectivity index (χ3v) is 25.7. The van der Waals surface area contributed by atoms with Crippen molar-refractivity contribution in [2.45, 2.75) is 89.1 Å². The molecule has 18 heterocycles. The van der Waals surface area contributed by atoms with Gasteiger partial charge in [0.2, 0.25) is 23.6 Å². The highest BCUT2D eigenvalue weighted by molar-refractivity contribution is 6.15. The first kappa shape index (κ1) is 98.6. The number of amides is 8. The lowest BCUT2D eigenvalue weighted by atomic mass is 9.93. The Morgan fingerprint density at radius 2 is 0.681 bits per heavy atom. The molecule has 12 aromatic heterocycles. The number of halogens is 8. The molecule has 51 heteroatoms. The van der Waals surface area contributed by atoms with Crippen LogP contribution in [0.5, 0.6) is 0 Å². The van der Waals surface area contributed by atoms with Crippen LogP contribution in [0, 0.1) is 70.2 Å². The molecule has 7 aliphatic rings. The quantitative estimate of drug-likeness (QED) is 0.0429. The maximum Gasteiger partial charge on any atom is 0.263 e. The van der Waals surface area contributed by atoms with Crippen LogP contribution in [0.3, 0.4) is 0 Å². The fourth-order valence-electron chi connectivity index (χ4n) is 18.5. The summed E-state index contributed by atoms with van der Waals surface area (Å²) in [6.45, 7) is 13.3. The van der Waals surface area contributed by atoms with E-state index in [9.17, 15) is 64.7 Å². The van der Waals surface area contributed by atoms with E-state index in [0.717, 1.165) is 131 Å². The zero-order chi connectivity index (χ0) is 100. The monoisotopic (exact) mass is 1960 g/mol. The van der Waals surface area contributed by atoms with Gasteiger partial charge in [0.25, 0.3) is 23.6 Å². The zero-order valence-electron chi connectivity index (χ0n) is 77.8. The summed E-state index contributed by atoms with van der Waals surface area (Å²) < 4.78 is 118. The number of nitrogens with one attached hydrogen (secondary N) is 7. The van der Waals surface area contributed by atoms with Crippen molar-refractivity contribution in [2.24, 2.45) is 23.7 Å². The number of fused-ring (bicyclic) bond motifs is 4. The maximum atomic E-state index is 15.0. The molecule has 1 saturated carbocycles. The van der Waals surface area contributed by atoms with Gasteiger partial charge < -0.3 is 99.4 Å². The van der Waals surface area contributed by atoms with Crippen molar-refractivity contribution >= 4 is 139 Å². The number of carbonyl (C=O) groups is 8. The Bertz CT molecular complexity index is 6550. The smallest absolute Gasteiger partial charge is 0.263 e. The molecular weight excluding hydrogens is 1850 g/mol. The van der Waals surface area contributed by atoms with Gasteiger partial charge >= 0.3 is 0 Å². The van der Waals surface area contributed by atoms with Gasteiger partial charge in [0, 0.05) is 154 Å². The topological polar surface area (TPSA) is 523 Å². The molecule has 12 aromatic rings. The number of nitrogen functional groups attached to an aromatic ring is 4. The molecule has 1 aliphatic carbocycles. The number of rotatable bonds is 19. The van der Waals surface area contributed by atoms with E-state index in [1.807, 2.05) is 38.6 Å². The lowest BCUT2D eigenvalue weighted by Crippen LogP contribution is -2.59. The van der Waals surface area contributed by atoms with E-state index in [1.54, 1.807) is 28.8 Å². The molecule has 6 saturated heterocycles. The minimum atomic E-state index is -0.680. The number of piperidine rings is 4. The summed E-state index contributed by atoms with van der Waals surface area (Å²) in [5.74, 6) is -8.44. The van der Waals surface area contributed by atoms with Crippen molar-refractivity contribution in [2.75, 3.05) is 197 Å². The Hall–Kier alpha value is -15.4. The minimum Gasteiger partial charge on any atom is -0.381 e. The molecule has 43 nitrogen and oxygen atoms in total. The molecule has 141 heavy (non-hydrogen) atoms. The number of likely N-dealkylation sites (N-methyl/N-ethyl adjacent to an activating group) is 1. The van der Waals surface area contributed by atoms with Crippen LogP contribution in [-0.2, 0) is 19.2 Å². The molecule has 7 fully saturated rings. The molecule has 15 N–H and O–H groups in total. The van der Waals surface area contributed by atoms with Crippen molar-refractivity contribution in [3.8, 4) is 0 Å². The number of aromatic nitrogens is 16. The molecule has 0 bridgehead atoms. The van der Waals surface area contributed by atoms with E-state index in [1.165, 1.54) is 24.8 Å². The van der Waals surface area contributed by atoms with Crippen LogP contribution >= 0.6 is 0 Å². The SMILES string of the molecule is CC1(C)CN(C(=O)C2CCN(c3c(F)cncc3NC(=O)c3c(N)nn4cc(F)cnc34)CC2)CCN1.CN(C)C(=O)C1CCN(c2c(F)cncc2NC(=O)c2c(N)nn3cc(F)cnc23)CC1.CN(C)CCNC(=O)C1CCN(c2c(F)cncc2NC(=O)c2c(N)nn3cc(F)cnc23)CC1.Nc1nn2cc(F)cnc2c1C(=O)Nc1cncc(F)c1N1CCC(C(=O)N2CCNC3(CC3)C2)CC1. The number of pyridine rings is 4. The average Bonchev–Trinajstić information content (AvgIpc) is 1.70. The number of nitrogens with two attached hydrogens (primary N) is 4. The first-order chi connectivity index (χ1) is 67.5. The highest BCUT2D eigenvalue weighted by Gasteiger charge is 2.48. The molecule has 0 unspecified atom stereocenters. The third-order valence-electron chi connectivity index (χ3n) is 25.7. The van der Waals surface area contributed by atoms with E-state index < -0.39 is 70.2 Å². The normalized spacial score (nSPS) is 16.8. The second-order valence-corrected chi connectivity index (χ2v) is 36.5. The van der Waals surface area contributed by atoms with Crippen molar-refractivity contribution in [1.29, 1.82) is 0 Å². The summed E-state index contributed by atoms with van der Waals surface area (Å²) in [5.41, 5.74) is 24.9. The van der Waals surface area contributed by atoms with E-state index in [-0.39, 0.29) is 172 Å². The van der Waals surface area contributed by atoms with Gasteiger partial charge in [0.15, 0.2) is 92.4 Å². The average molecular weight is 1960 g/mol. The predicted octanol–water partition coefficient (Wildman–Crippen LogP) is 5.75. The summed E-state index contributed by atoms with van der Waals surface area (Å²) in [5, 5.41) is 36.1. The zero-order valence-corrected chi connectivity index (χ0v) is 77.8. The van der Waals surface area contributed by atoms with Gasteiger partial charge in [-0.15, -0.1) is 20.4 Å². The second-order valence-electron chi connectivity index (χ2n) is 36.5. The van der Waals surface area contributed by atoms with E-state index in [0.29, 0.717) is 130 Å². The third kappa shape index (κ3) is 22.0. The Kier molecular flexibility index (Phi) is 29.2. The van der Waals surface area contributed by atoms with Crippen LogP contribution in [0.2, 0.25) is 0 Å². The maximum absolute atomic E-state index is 15.0.